The zero-order valence-corrected chi connectivity index (χ0v) is 19.0. The molecule has 0 fully saturated rings. The Morgan fingerprint density at radius 1 is 0.750 bits per heavy atom. The van der Waals surface area contributed by atoms with Crippen molar-refractivity contribution in [3.8, 4) is 0 Å². The maximum Gasteiger partial charge on any atom is 0.264 e. The van der Waals surface area contributed by atoms with E-state index in [1.54, 1.807) is 36.4 Å². The maximum atomic E-state index is 13.5. The fourth-order valence-electron chi connectivity index (χ4n) is 3.74. The molecule has 0 N–H and O–H groups in total. The van der Waals surface area contributed by atoms with Crippen molar-refractivity contribution in [2.45, 2.75) is 25.2 Å². The van der Waals surface area contributed by atoms with Gasteiger partial charge in [-0.25, -0.2) is 8.42 Å². The monoisotopic (exact) mass is 443 g/mol. The molecule has 4 nitrogen and oxygen atoms in total. The predicted molar refractivity (Wildman–Crippen MR) is 130 cm³/mol. The topological polar surface area (TPSA) is 54.5 Å². The van der Waals surface area contributed by atoms with E-state index in [-0.39, 0.29) is 23.6 Å². The third kappa shape index (κ3) is 4.58. The molecule has 0 bridgehead atoms. The standard InChI is InChI=1S/C27H25NO3S/c1-20-10-14-24(15-11-20)28(32(30,31)26-16-12-21(2)13-17-26)19-25(29)18-23-8-5-7-22-6-3-4-9-27(22)23/h3-17H,18-19H2,1-2H3. The third-order valence-electron chi connectivity index (χ3n) is 5.52. The first-order valence-corrected chi connectivity index (χ1v) is 11.9. The van der Waals surface area contributed by atoms with Crippen molar-refractivity contribution < 1.29 is 13.2 Å². The van der Waals surface area contributed by atoms with E-state index in [9.17, 15) is 13.2 Å². The summed E-state index contributed by atoms with van der Waals surface area (Å²) in [7, 11) is -3.90. The van der Waals surface area contributed by atoms with Crippen LogP contribution in [0.4, 0.5) is 5.69 Å². The number of benzene rings is 4. The molecular weight excluding hydrogens is 418 g/mol. The Kier molecular flexibility index (Phi) is 6.10. The first kappa shape index (κ1) is 21.8. The predicted octanol–water partition coefficient (Wildman–Crippen LogP) is 5.46. The summed E-state index contributed by atoms with van der Waals surface area (Å²) in [5.74, 6) is -0.169. The number of Topliss-reactive ketones (excluding diaryl/α,β-unsaturated/α-hetero) is 1. The van der Waals surface area contributed by atoms with Gasteiger partial charge in [-0.2, -0.15) is 0 Å². The van der Waals surface area contributed by atoms with Crippen LogP contribution in [0.2, 0.25) is 0 Å². The molecular formula is C27H25NO3S. The van der Waals surface area contributed by atoms with Gasteiger partial charge in [-0.15, -0.1) is 0 Å². The zero-order chi connectivity index (χ0) is 22.7. The minimum absolute atomic E-state index is 0.160. The van der Waals surface area contributed by atoms with E-state index in [1.165, 1.54) is 4.31 Å². The van der Waals surface area contributed by atoms with Crippen molar-refractivity contribution in [2.75, 3.05) is 10.8 Å². The van der Waals surface area contributed by atoms with Crippen LogP contribution in [0, 0.1) is 13.8 Å². The van der Waals surface area contributed by atoms with Crippen LogP contribution in [0.5, 0.6) is 0 Å². The van der Waals surface area contributed by atoms with Crippen LogP contribution >= 0.6 is 0 Å². The minimum Gasteiger partial charge on any atom is -0.297 e. The van der Waals surface area contributed by atoms with Gasteiger partial charge in [0, 0.05) is 6.42 Å². The largest absolute Gasteiger partial charge is 0.297 e. The Morgan fingerprint density at radius 3 is 2.03 bits per heavy atom. The van der Waals surface area contributed by atoms with Crippen molar-refractivity contribution in [2.24, 2.45) is 0 Å². The summed E-state index contributed by atoms with van der Waals surface area (Å²) in [6, 6.07) is 27.6. The molecule has 0 aliphatic rings. The molecule has 0 heterocycles. The molecule has 0 unspecified atom stereocenters. The molecule has 0 saturated carbocycles. The fraction of sp³-hybridized carbons (Fsp3) is 0.148. The van der Waals surface area contributed by atoms with Crippen LogP contribution in [0.25, 0.3) is 10.8 Å². The summed E-state index contributed by atoms with van der Waals surface area (Å²) in [6.07, 6.45) is 0.160. The molecule has 162 valence electrons. The minimum atomic E-state index is -3.90. The van der Waals surface area contributed by atoms with Crippen LogP contribution < -0.4 is 4.31 Å². The Balaban J connectivity index is 1.68. The van der Waals surface area contributed by atoms with E-state index in [0.29, 0.717) is 5.69 Å². The molecule has 4 rings (SSSR count). The van der Waals surface area contributed by atoms with Gasteiger partial charge in [-0.3, -0.25) is 9.10 Å². The highest BCUT2D eigenvalue weighted by Gasteiger charge is 2.27. The average molecular weight is 444 g/mol. The van der Waals surface area contributed by atoms with Gasteiger partial charge in [0.2, 0.25) is 0 Å². The second kappa shape index (κ2) is 8.97. The third-order valence-corrected chi connectivity index (χ3v) is 7.31. The molecule has 0 atom stereocenters. The lowest BCUT2D eigenvalue weighted by molar-refractivity contribution is -0.117. The molecule has 4 aromatic carbocycles. The van der Waals surface area contributed by atoms with Gasteiger partial charge >= 0.3 is 0 Å². The number of carbonyl (C=O) groups is 1. The number of hydrogen-bond acceptors (Lipinski definition) is 3. The molecule has 4 aromatic rings. The van der Waals surface area contributed by atoms with Gasteiger partial charge in [-0.1, -0.05) is 77.9 Å². The lowest BCUT2D eigenvalue weighted by Gasteiger charge is -2.24. The molecule has 0 aromatic heterocycles. The lowest BCUT2D eigenvalue weighted by atomic mass is 10.0. The smallest absolute Gasteiger partial charge is 0.264 e. The van der Waals surface area contributed by atoms with Gasteiger partial charge < -0.3 is 0 Å². The number of anilines is 1. The van der Waals surface area contributed by atoms with Crippen LogP contribution in [-0.2, 0) is 21.2 Å². The average Bonchev–Trinajstić information content (AvgIpc) is 2.79. The molecule has 0 amide bonds. The van der Waals surface area contributed by atoms with Gasteiger partial charge in [0.05, 0.1) is 17.1 Å². The Morgan fingerprint density at radius 2 is 1.34 bits per heavy atom. The summed E-state index contributed by atoms with van der Waals surface area (Å²) in [6.45, 7) is 3.61. The van der Waals surface area contributed by atoms with Crippen LogP contribution in [0.15, 0.2) is 95.9 Å². The Bertz CT molecular complexity index is 1350. The van der Waals surface area contributed by atoms with E-state index in [4.69, 9.17) is 0 Å². The zero-order valence-electron chi connectivity index (χ0n) is 18.2. The van der Waals surface area contributed by atoms with Crippen molar-refractivity contribution >= 4 is 32.3 Å². The second-order valence-electron chi connectivity index (χ2n) is 8.01. The Labute approximate surface area is 189 Å². The number of carbonyl (C=O) groups excluding carboxylic acids is 1. The molecule has 32 heavy (non-hydrogen) atoms. The van der Waals surface area contributed by atoms with Gasteiger partial charge in [0.1, 0.15) is 0 Å². The van der Waals surface area contributed by atoms with E-state index >= 15 is 0 Å². The van der Waals surface area contributed by atoms with Crippen molar-refractivity contribution in [1.82, 2.24) is 0 Å². The summed E-state index contributed by atoms with van der Waals surface area (Å²) < 4.78 is 28.2. The normalized spacial score (nSPS) is 11.4. The SMILES string of the molecule is Cc1ccc(N(CC(=O)Cc2cccc3ccccc23)S(=O)(=O)c2ccc(C)cc2)cc1. The highest BCUT2D eigenvalue weighted by Crippen LogP contribution is 2.25. The van der Waals surface area contributed by atoms with E-state index in [1.807, 2.05) is 68.4 Å². The summed E-state index contributed by atoms with van der Waals surface area (Å²) in [4.78, 5) is 13.3. The molecule has 0 spiro atoms. The first-order valence-electron chi connectivity index (χ1n) is 10.5. The number of fused-ring (bicyclic) bond motifs is 1. The first-order chi connectivity index (χ1) is 15.3. The second-order valence-corrected chi connectivity index (χ2v) is 9.88. The lowest BCUT2D eigenvalue weighted by Crippen LogP contribution is -2.36. The van der Waals surface area contributed by atoms with E-state index < -0.39 is 10.0 Å². The van der Waals surface area contributed by atoms with Gasteiger partial charge in [-0.05, 0) is 54.4 Å². The molecule has 0 aliphatic carbocycles. The number of hydrogen-bond donors (Lipinski definition) is 0. The molecule has 0 aliphatic heterocycles. The van der Waals surface area contributed by atoms with Crippen molar-refractivity contribution in [3.63, 3.8) is 0 Å². The number of aryl methyl sites for hydroxylation is 2. The maximum absolute atomic E-state index is 13.5. The Hall–Kier alpha value is -3.44. The van der Waals surface area contributed by atoms with E-state index in [0.717, 1.165) is 27.5 Å². The summed E-state index contributed by atoms with van der Waals surface area (Å²) >= 11 is 0. The molecule has 0 saturated heterocycles. The quantitative estimate of drug-likeness (QED) is 0.381. The summed E-state index contributed by atoms with van der Waals surface area (Å²) in [5.41, 5.74) is 3.36. The van der Waals surface area contributed by atoms with Gasteiger partial charge in [0.15, 0.2) is 5.78 Å². The number of ketones is 1. The van der Waals surface area contributed by atoms with E-state index in [2.05, 4.69) is 0 Å². The van der Waals surface area contributed by atoms with Crippen molar-refractivity contribution in [3.05, 3.63) is 108 Å². The fourth-order valence-corrected chi connectivity index (χ4v) is 5.19. The highest BCUT2D eigenvalue weighted by atomic mass is 32.2. The molecule has 0 radical (unpaired) electrons. The van der Waals surface area contributed by atoms with Crippen LogP contribution in [-0.4, -0.2) is 20.7 Å². The number of sulfonamides is 1. The van der Waals surface area contributed by atoms with Gasteiger partial charge in [0.25, 0.3) is 10.0 Å². The van der Waals surface area contributed by atoms with Crippen molar-refractivity contribution in [1.29, 1.82) is 0 Å². The number of nitrogens with zero attached hydrogens (tertiary/aromatic N) is 1. The highest BCUT2D eigenvalue weighted by molar-refractivity contribution is 7.92. The summed E-state index contributed by atoms with van der Waals surface area (Å²) in [5, 5.41) is 2.06. The van der Waals surface area contributed by atoms with Crippen LogP contribution in [0.1, 0.15) is 16.7 Å². The van der Waals surface area contributed by atoms with Crippen LogP contribution in [0.3, 0.4) is 0 Å². The number of rotatable bonds is 7. The molecule has 5 heteroatoms.